The number of phosphoric ester groups is 2. The Labute approximate surface area is 195 Å². The number of aliphatic hydroxyl groups is 1. The maximum Gasteiger partial charge on any atom is 0.280 e. The molecule has 0 aromatic carbocycles. The second kappa shape index (κ2) is 11.9. The highest BCUT2D eigenvalue weighted by Crippen LogP contribution is 2.61. The Balaban J connectivity index is 1.91. The van der Waals surface area contributed by atoms with Crippen molar-refractivity contribution in [1.29, 1.82) is 0 Å². The summed E-state index contributed by atoms with van der Waals surface area (Å²) >= 11 is 0. The molecule has 2 heterocycles. The third kappa shape index (κ3) is 10.4. The van der Waals surface area contributed by atoms with Gasteiger partial charge in [-0.3, -0.25) is 18.3 Å². The molecular weight excluding hydrogens is 551 g/mol. The largest absolute Gasteiger partial charge is 0.756 e. The number of hydrogen-bond acceptors (Lipinski definition) is 16. The molecule has 2 aliphatic rings. The summed E-state index contributed by atoms with van der Waals surface area (Å²) in [6.45, 7) is 0.184. The molecule has 34 heavy (non-hydrogen) atoms. The molecule has 198 valence electrons. The summed E-state index contributed by atoms with van der Waals surface area (Å²) in [6.07, 6.45) is -4.46. The standard InChI is InChI=1S/C12H25BO17P4/c1-2-7-3-8(14)10(26-7)5-24-32(18,19)28-9-4-12(13)27-11(9)6-25-33(20,21)30-34(22,23)29-31(15,16)17/h7-12,14H,2-6H2,1H3,(H,18,19)(H,20,21)(H,22,23)(H2,15,16,17)/p-4/t7-,8-,9-,10+,11+,12+/m0/s1. The van der Waals surface area contributed by atoms with Crippen LogP contribution in [0.4, 0.5) is 0 Å². The van der Waals surface area contributed by atoms with Crippen LogP contribution in [0.2, 0.25) is 0 Å². The van der Waals surface area contributed by atoms with E-state index in [1.807, 2.05) is 6.92 Å². The van der Waals surface area contributed by atoms with Crippen molar-refractivity contribution in [3.8, 4) is 0 Å². The first-order valence-corrected chi connectivity index (χ1v) is 15.4. The third-order valence-corrected chi connectivity index (χ3v) is 9.13. The van der Waals surface area contributed by atoms with Gasteiger partial charge < -0.3 is 52.6 Å². The fraction of sp³-hybridized carbons (Fsp3) is 1.00. The minimum atomic E-state index is -6.11. The smallest absolute Gasteiger partial charge is 0.280 e. The first-order chi connectivity index (χ1) is 15.4. The van der Waals surface area contributed by atoms with Crippen LogP contribution in [-0.4, -0.2) is 67.6 Å². The third-order valence-electron chi connectivity index (χ3n) is 4.45. The van der Waals surface area contributed by atoms with Gasteiger partial charge in [-0.05, 0) is 12.8 Å². The van der Waals surface area contributed by atoms with Gasteiger partial charge in [-0.25, -0.2) is 8.62 Å². The average molecular weight is 572 g/mol. The lowest BCUT2D eigenvalue weighted by atomic mass is 9.96. The van der Waals surface area contributed by atoms with Gasteiger partial charge >= 0.3 is 0 Å². The first-order valence-electron chi connectivity index (χ1n) is 9.52. The van der Waals surface area contributed by atoms with Crippen molar-refractivity contribution in [3.63, 3.8) is 0 Å². The fourth-order valence-electron chi connectivity index (χ4n) is 3.05. The molecule has 2 rings (SSSR count). The van der Waals surface area contributed by atoms with E-state index in [4.69, 9.17) is 31.3 Å². The van der Waals surface area contributed by atoms with Crippen molar-refractivity contribution >= 4 is 39.1 Å². The second-order valence-electron chi connectivity index (χ2n) is 7.17. The first kappa shape index (κ1) is 30.7. The molecule has 17 nitrogen and oxygen atoms in total. The van der Waals surface area contributed by atoms with Gasteiger partial charge in [0.1, 0.15) is 20.1 Å². The van der Waals surface area contributed by atoms with Crippen LogP contribution in [-0.2, 0) is 49.9 Å². The van der Waals surface area contributed by atoms with Crippen LogP contribution in [0, 0.1) is 0 Å². The minimum absolute atomic E-state index is 0.268. The van der Waals surface area contributed by atoms with Gasteiger partial charge in [0.2, 0.25) is 0 Å². The van der Waals surface area contributed by atoms with E-state index < -0.39 is 74.9 Å². The van der Waals surface area contributed by atoms with Gasteiger partial charge in [0, 0.05) is 12.4 Å². The van der Waals surface area contributed by atoms with Gasteiger partial charge in [-0.15, -0.1) is 0 Å². The second-order valence-corrected chi connectivity index (χ2v) is 12.8. The lowest BCUT2D eigenvalue weighted by molar-refractivity contribution is -0.250. The molecule has 0 aromatic rings. The highest BCUT2D eigenvalue weighted by atomic mass is 31.3. The molecule has 0 aliphatic carbocycles. The zero-order chi connectivity index (χ0) is 25.9. The predicted octanol–water partition coefficient (Wildman–Crippen LogP) is -2.48. The monoisotopic (exact) mass is 572 g/mol. The quantitative estimate of drug-likeness (QED) is 0.171. The Bertz CT molecular complexity index is 881. The summed E-state index contributed by atoms with van der Waals surface area (Å²) in [5.41, 5.74) is 0. The lowest BCUT2D eigenvalue weighted by Gasteiger charge is -2.33. The Hall–Kier alpha value is 0.465. The van der Waals surface area contributed by atoms with Crippen LogP contribution in [0.15, 0.2) is 0 Å². The van der Waals surface area contributed by atoms with Crippen LogP contribution in [0.5, 0.6) is 0 Å². The topological polar surface area (TPSA) is 266 Å². The van der Waals surface area contributed by atoms with E-state index in [0.29, 0.717) is 12.8 Å². The Morgan fingerprint density at radius 1 is 0.912 bits per heavy atom. The summed E-state index contributed by atoms with van der Waals surface area (Å²) in [6, 6.07) is -1.13. The molecule has 0 spiro atoms. The average Bonchev–Trinajstić information content (AvgIpc) is 3.16. The Kier molecular flexibility index (Phi) is 10.7. The molecule has 2 aliphatic heterocycles. The maximum absolute atomic E-state index is 12.2. The van der Waals surface area contributed by atoms with E-state index in [9.17, 15) is 42.9 Å². The van der Waals surface area contributed by atoms with E-state index in [-0.39, 0.29) is 12.5 Å². The van der Waals surface area contributed by atoms with Crippen molar-refractivity contribution in [1.82, 2.24) is 0 Å². The molecule has 2 fully saturated rings. The normalized spacial score (nSPS) is 36.9. The predicted molar refractivity (Wildman–Crippen MR) is 100 cm³/mol. The number of phosphoric acid groups is 4. The molecule has 10 atom stereocenters. The summed E-state index contributed by atoms with van der Waals surface area (Å²) in [4.78, 5) is 53.8. The Morgan fingerprint density at radius 3 is 2.06 bits per heavy atom. The van der Waals surface area contributed by atoms with Crippen molar-refractivity contribution in [2.24, 2.45) is 0 Å². The molecule has 2 saturated heterocycles. The molecule has 22 heteroatoms. The molecule has 2 radical (unpaired) electrons. The lowest BCUT2D eigenvalue weighted by Crippen LogP contribution is -2.32. The van der Waals surface area contributed by atoms with E-state index in [1.165, 1.54) is 0 Å². The SMILES string of the molecule is [B][C@H]1C[C@H](OP(=O)([O-])OC[C@H]2O[C@@H](CC)C[C@@H]2O)[C@@H](COP(=O)([O-])OP(=O)([O-])OP(=O)([O-])O)O1. The van der Waals surface area contributed by atoms with E-state index in [2.05, 4.69) is 13.1 Å². The van der Waals surface area contributed by atoms with Gasteiger partial charge in [0.15, 0.2) is 0 Å². The van der Waals surface area contributed by atoms with Gasteiger partial charge in [0.05, 0.1) is 31.5 Å². The van der Waals surface area contributed by atoms with E-state index in [1.54, 1.807) is 0 Å². The zero-order valence-corrected chi connectivity index (χ0v) is 21.0. The Morgan fingerprint density at radius 2 is 1.50 bits per heavy atom. The molecule has 2 N–H and O–H groups in total. The van der Waals surface area contributed by atoms with Crippen molar-refractivity contribution in [3.05, 3.63) is 0 Å². The van der Waals surface area contributed by atoms with Crippen LogP contribution in [0.3, 0.4) is 0 Å². The van der Waals surface area contributed by atoms with Crippen molar-refractivity contribution < 1.29 is 79.5 Å². The van der Waals surface area contributed by atoms with Crippen LogP contribution >= 0.6 is 31.3 Å². The fourth-order valence-corrected chi connectivity index (χ4v) is 6.89. The van der Waals surface area contributed by atoms with Gasteiger partial charge in [-0.1, -0.05) is 6.92 Å². The molecule has 0 aromatic heterocycles. The van der Waals surface area contributed by atoms with Crippen molar-refractivity contribution in [2.45, 2.75) is 62.7 Å². The van der Waals surface area contributed by atoms with Gasteiger partial charge in [-0.2, -0.15) is 0 Å². The van der Waals surface area contributed by atoms with Crippen LogP contribution in [0.1, 0.15) is 26.2 Å². The zero-order valence-electron chi connectivity index (χ0n) is 17.4. The summed E-state index contributed by atoms with van der Waals surface area (Å²) in [7, 11) is -17.3. The van der Waals surface area contributed by atoms with Crippen LogP contribution < -0.4 is 19.6 Å². The summed E-state index contributed by atoms with van der Waals surface area (Å²) in [5, 5.41) is 9.88. The molecular formula is C12H21BO17P4-4. The molecule has 0 saturated carbocycles. The van der Waals surface area contributed by atoms with E-state index >= 15 is 0 Å². The summed E-state index contributed by atoms with van der Waals surface area (Å²) < 4.78 is 76.3. The van der Waals surface area contributed by atoms with Crippen molar-refractivity contribution in [2.75, 3.05) is 13.2 Å². The van der Waals surface area contributed by atoms with E-state index in [0.717, 1.165) is 0 Å². The van der Waals surface area contributed by atoms with Crippen LogP contribution in [0.25, 0.3) is 0 Å². The highest BCUT2D eigenvalue weighted by Gasteiger charge is 2.39. The minimum Gasteiger partial charge on any atom is -0.756 e. The maximum atomic E-state index is 12.2. The highest BCUT2D eigenvalue weighted by molar-refractivity contribution is 7.65. The molecule has 0 amide bonds. The summed E-state index contributed by atoms with van der Waals surface area (Å²) in [5.74, 6) is 0. The number of ether oxygens (including phenoxy) is 2. The number of hydrogen-bond donors (Lipinski definition) is 2. The number of aliphatic hydroxyl groups excluding tert-OH is 1. The molecule has 4 unspecified atom stereocenters. The molecule has 0 bridgehead atoms. The van der Waals surface area contributed by atoms with Gasteiger partial charge in [0.25, 0.3) is 31.3 Å². The number of rotatable bonds is 13.